The number of amides is 1. The molecule has 0 radical (unpaired) electrons. The van der Waals surface area contributed by atoms with Gasteiger partial charge in [-0.15, -0.1) is 0 Å². The summed E-state index contributed by atoms with van der Waals surface area (Å²) in [7, 11) is -3.56. The van der Waals surface area contributed by atoms with E-state index in [0.717, 1.165) is 12.3 Å². The van der Waals surface area contributed by atoms with E-state index in [-0.39, 0.29) is 23.2 Å². The van der Waals surface area contributed by atoms with Crippen molar-refractivity contribution in [1.29, 1.82) is 0 Å². The highest BCUT2D eigenvalue weighted by Gasteiger charge is 2.21. The Bertz CT molecular complexity index is 667. The number of carbonyl (C=O) groups excluding carboxylic acids is 1. The Hall–Kier alpha value is -2.16. The number of likely N-dealkylation sites (N-methyl/N-ethyl adjacent to an activating group) is 1. The van der Waals surface area contributed by atoms with E-state index in [4.69, 9.17) is 4.74 Å². The normalized spacial score (nSPS) is 11.0. The van der Waals surface area contributed by atoms with Crippen LogP contribution in [0.1, 0.15) is 13.8 Å². The lowest BCUT2D eigenvalue weighted by Crippen LogP contribution is -2.34. The van der Waals surface area contributed by atoms with Crippen LogP contribution in [0.2, 0.25) is 0 Å². The highest BCUT2D eigenvalue weighted by atomic mass is 32.2. The standard InChI is InChI=1S/C13H18N2O6S/c1-4-14(5-2)13(16)9-21-12-7-6-10(22(3,19)20)8-11(12)15(17)18/h6-8H,4-5,9H2,1-3H3. The molecule has 0 aliphatic heterocycles. The van der Waals surface area contributed by atoms with Crippen molar-refractivity contribution in [3.63, 3.8) is 0 Å². The molecule has 0 aromatic heterocycles. The van der Waals surface area contributed by atoms with Gasteiger partial charge in [0.05, 0.1) is 9.82 Å². The van der Waals surface area contributed by atoms with E-state index in [9.17, 15) is 23.3 Å². The van der Waals surface area contributed by atoms with Crippen molar-refractivity contribution in [3.05, 3.63) is 28.3 Å². The van der Waals surface area contributed by atoms with Gasteiger partial charge in [0.25, 0.3) is 5.91 Å². The summed E-state index contributed by atoms with van der Waals surface area (Å²) in [6.45, 7) is 4.29. The van der Waals surface area contributed by atoms with Crippen LogP contribution < -0.4 is 4.74 Å². The fourth-order valence-electron chi connectivity index (χ4n) is 1.80. The summed E-state index contributed by atoms with van der Waals surface area (Å²) in [5.41, 5.74) is -0.490. The number of nitrogens with zero attached hydrogens (tertiary/aromatic N) is 2. The molecule has 0 spiro atoms. The number of carbonyl (C=O) groups is 1. The van der Waals surface area contributed by atoms with Gasteiger partial charge in [-0.25, -0.2) is 8.42 Å². The summed E-state index contributed by atoms with van der Waals surface area (Å²) >= 11 is 0. The molecule has 1 amide bonds. The molecule has 8 nitrogen and oxygen atoms in total. The summed E-state index contributed by atoms with van der Waals surface area (Å²) in [5, 5.41) is 11.0. The maximum absolute atomic E-state index is 11.8. The second-order valence-corrected chi connectivity index (χ2v) is 6.53. The number of nitro groups is 1. The maximum atomic E-state index is 11.8. The molecule has 122 valence electrons. The van der Waals surface area contributed by atoms with Gasteiger partial charge in [0.1, 0.15) is 0 Å². The summed E-state index contributed by atoms with van der Waals surface area (Å²) in [4.78, 5) is 23.4. The predicted molar refractivity (Wildman–Crippen MR) is 79.6 cm³/mol. The second-order valence-electron chi connectivity index (χ2n) is 4.51. The van der Waals surface area contributed by atoms with Crippen molar-refractivity contribution >= 4 is 21.4 Å². The largest absolute Gasteiger partial charge is 0.477 e. The number of ether oxygens (including phenoxy) is 1. The Labute approximate surface area is 128 Å². The van der Waals surface area contributed by atoms with Gasteiger partial charge in [0, 0.05) is 25.4 Å². The Morgan fingerprint density at radius 1 is 1.32 bits per heavy atom. The molecule has 0 fully saturated rings. The Balaban J connectivity index is 3.01. The van der Waals surface area contributed by atoms with Gasteiger partial charge in [0.2, 0.25) is 0 Å². The molecule has 1 aromatic rings. The topological polar surface area (TPSA) is 107 Å². The van der Waals surface area contributed by atoms with Crippen molar-refractivity contribution < 1.29 is 22.9 Å². The van der Waals surface area contributed by atoms with Crippen LogP contribution in [0, 0.1) is 10.1 Å². The minimum absolute atomic E-state index is 0.141. The number of hydrogen-bond acceptors (Lipinski definition) is 6. The first-order valence-corrected chi connectivity index (χ1v) is 8.48. The molecule has 0 saturated heterocycles. The molecule has 9 heteroatoms. The van der Waals surface area contributed by atoms with Crippen LogP contribution in [0.25, 0.3) is 0 Å². The van der Waals surface area contributed by atoms with Crippen LogP contribution in [0.5, 0.6) is 5.75 Å². The van der Waals surface area contributed by atoms with Crippen LogP contribution >= 0.6 is 0 Å². The lowest BCUT2D eigenvalue weighted by atomic mass is 10.3. The first-order chi connectivity index (χ1) is 10.2. The number of sulfone groups is 1. The molecule has 1 rings (SSSR count). The van der Waals surface area contributed by atoms with Crippen molar-refractivity contribution in [2.24, 2.45) is 0 Å². The number of rotatable bonds is 7. The number of benzene rings is 1. The maximum Gasteiger partial charge on any atom is 0.312 e. The molecule has 0 atom stereocenters. The monoisotopic (exact) mass is 330 g/mol. The first kappa shape index (κ1) is 17.9. The van der Waals surface area contributed by atoms with Gasteiger partial charge in [-0.3, -0.25) is 14.9 Å². The molecule has 0 saturated carbocycles. The molecular formula is C13H18N2O6S. The highest BCUT2D eigenvalue weighted by Crippen LogP contribution is 2.29. The van der Waals surface area contributed by atoms with Gasteiger partial charge in [-0.2, -0.15) is 0 Å². The van der Waals surface area contributed by atoms with E-state index in [2.05, 4.69) is 0 Å². The third kappa shape index (κ3) is 4.42. The Kier molecular flexibility index (Phi) is 5.86. The van der Waals surface area contributed by atoms with E-state index in [0.29, 0.717) is 13.1 Å². The summed E-state index contributed by atoms with van der Waals surface area (Å²) < 4.78 is 28.0. The van der Waals surface area contributed by atoms with E-state index in [1.165, 1.54) is 17.0 Å². The summed E-state index contributed by atoms with van der Waals surface area (Å²) in [6.07, 6.45) is 0.955. The average molecular weight is 330 g/mol. The molecule has 0 heterocycles. The lowest BCUT2D eigenvalue weighted by Gasteiger charge is -2.18. The summed E-state index contributed by atoms with van der Waals surface area (Å²) in [6, 6.07) is 3.32. The van der Waals surface area contributed by atoms with Gasteiger partial charge in [0.15, 0.2) is 22.2 Å². The van der Waals surface area contributed by atoms with Crippen LogP contribution in [-0.4, -0.2) is 50.1 Å². The van der Waals surface area contributed by atoms with Crippen LogP contribution in [0.3, 0.4) is 0 Å². The van der Waals surface area contributed by atoms with Gasteiger partial charge < -0.3 is 9.64 Å². The fourth-order valence-corrected chi connectivity index (χ4v) is 2.44. The minimum atomic E-state index is -3.56. The predicted octanol–water partition coefficient (Wildman–Crippen LogP) is 1.25. The molecule has 1 aromatic carbocycles. The zero-order valence-electron chi connectivity index (χ0n) is 12.6. The molecule has 0 aliphatic carbocycles. The van der Waals surface area contributed by atoms with Gasteiger partial charge >= 0.3 is 5.69 Å². The average Bonchev–Trinajstić information content (AvgIpc) is 2.45. The van der Waals surface area contributed by atoms with Crippen LogP contribution in [-0.2, 0) is 14.6 Å². The Morgan fingerprint density at radius 3 is 2.36 bits per heavy atom. The van der Waals surface area contributed by atoms with E-state index < -0.39 is 20.4 Å². The lowest BCUT2D eigenvalue weighted by molar-refractivity contribution is -0.386. The summed E-state index contributed by atoms with van der Waals surface area (Å²) in [5.74, 6) is -0.440. The molecule has 0 N–H and O–H groups in total. The zero-order chi connectivity index (χ0) is 16.9. The SMILES string of the molecule is CCN(CC)C(=O)COc1ccc(S(C)(=O)=O)cc1[N+](=O)[O-]. The third-order valence-corrected chi connectivity index (χ3v) is 4.13. The number of nitro benzene ring substituents is 1. The van der Waals surface area contributed by atoms with E-state index >= 15 is 0 Å². The van der Waals surface area contributed by atoms with Gasteiger partial charge in [-0.1, -0.05) is 0 Å². The molecule has 0 aliphatic rings. The van der Waals surface area contributed by atoms with Gasteiger partial charge in [-0.05, 0) is 26.0 Å². The Morgan fingerprint density at radius 2 is 1.91 bits per heavy atom. The quantitative estimate of drug-likeness (QED) is 0.550. The van der Waals surface area contributed by atoms with E-state index in [1.54, 1.807) is 0 Å². The van der Waals surface area contributed by atoms with Crippen molar-refractivity contribution in [2.45, 2.75) is 18.7 Å². The molecule has 22 heavy (non-hydrogen) atoms. The number of hydrogen-bond donors (Lipinski definition) is 0. The molecule has 0 bridgehead atoms. The smallest absolute Gasteiger partial charge is 0.312 e. The van der Waals surface area contributed by atoms with E-state index in [1.807, 2.05) is 13.8 Å². The third-order valence-electron chi connectivity index (χ3n) is 3.02. The van der Waals surface area contributed by atoms with Crippen molar-refractivity contribution in [1.82, 2.24) is 4.90 Å². The fraction of sp³-hybridized carbons (Fsp3) is 0.462. The second kappa shape index (κ2) is 7.21. The van der Waals surface area contributed by atoms with Crippen molar-refractivity contribution in [3.8, 4) is 5.75 Å². The van der Waals surface area contributed by atoms with Crippen LogP contribution in [0.15, 0.2) is 23.1 Å². The van der Waals surface area contributed by atoms with Crippen molar-refractivity contribution in [2.75, 3.05) is 26.0 Å². The zero-order valence-corrected chi connectivity index (χ0v) is 13.4. The minimum Gasteiger partial charge on any atom is -0.477 e. The highest BCUT2D eigenvalue weighted by molar-refractivity contribution is 7.90. The van der Waals surface area contributed by atoms with Crippen LogP contribution in [0.4, 0.5) is 5.69 Å². The molecular weight excluding hydrogens is 312 g/mol. The molecule has 0 unspecified atom stereocenters. The first-order valence-electron chi connectivity index (χ1n) is 6.59.